The molecule has 0 aliphatic heterocycles. The first kappa shape index (κ1) is 22.1. The minimum absolute atomic E-state index is 0.0865. The van der Waals surface area contributed by atoms with E-state index < -0.39 is 11.9 Å². The van der Waals surface area contributed by atoms with Gasteiger partial charge in [-0.2, -0.15) is 0 Å². The third-order valence-corrected chi connectivity index (χ3v) is 3.96. The van der Waals surface area contributed by atoms with Gasteiger partial charge in [0.15, 0.2) is 0 Å². The summed E-state index contributed by atoms with van der Waals surface area (Å²) in [7, 11) is 1.65. The van der Waals surface area contributed by atoms with Crippen LogP contribution in [0.2, 0.25) is 0 Å². The minimum atomic E-state index is -0.495. The average molecular weight is 328 g/mol. The van der Waals surface area contributed by atoms with Crippen molar-refractivity contribution < 1.29 is 14.3 Å². The maximum atomic E-state index is 11.4. The number of nitrogens with one attached hydrogen (secondary N) is 1. The van der Waals surface area contributed by atoms with Crippen molar-refractivity contribution in [2.24, 2.45) is 5.92 Å². The van der Waals surface area contributed by atoms with Crippen molar-refractivity contribution in [1.82, 2.24) is 5.32 Å². The molecule has 0 aliphatic carbocycles. The molecule has 0 aromatic rings. The molecule has 1 N–H and O–H groups in total. The van der Waals surface area contributed by atoms with Gasteiger partial charge in [-0.3, -0.25) is 9.59 Å². The van der Waals surface area contributed by atoms with Crippen LogP contribution in [0.15, 0.2) is 0 Å². The number of unbranched alkanes of at least 4 members (excludes halogenated alkanes) is 9. The van der Waals surface area contributed by atoms with Crippen LogP contribution in [-0.4, -0.2) is 25.5 Å². The first-order valence-electron chi connectivity index (χ1n) is 9.44. The molecule has 23 heavy (non-hydrogen) atoms. The van der Waals surface area contributed by atoms with Crippen LogP contribution in [-0.2, 0) is 14.3 Å². The van der Waals surface area contributed by atoms with Crippen molar-refractivity contribution in [1.29, 1.82) is 0 Å². The van der Waals surface area contributed by atoms with Crippen LogP contribution in [0.25, 0.3) is 0 Å². The second-order valence-corrected chi connectivity index (χ2v) is 6.84. The van der Waals surface area contributed by atoms with Crippen molar-refractivity contribution in [3.05, 3.63) is 0 Å². The summed E-state index contributed by atoms with van der Waals surface area (Å²) < 4.78 is 4.66. The maximum absolute atomic E-state index is 11.4. The first-order valence-corrected chi connectivity index (χ1v) is 9.44. The minimum Gasteiger partial charge on any atom is -0.392 e. The van der Waals surface area contributed by atoms with Crippen LogP contribution in [0.4, 0.5) is 0 Å². The highest BCUT2D eigenvalue weighted by Crippen LogP contribution is 2.13. The number of ether oxygens (including phenoxy) is 1. The molecule has 0 unspecified atom stereocenters. The van der Waals surface area contributed by atoms with Crippen LogP contribution in [0.5, 0.6) is 0 Å². The molecule has 0 amide bonds. The Labute approximate surface area is 142 Å². The van der Waals surface area contributed by atoms with Crippen molar-refractivity contribution in [3.8, 4) is 0 Å². The summed E-state index contributed by atoms with van der Waals surface area (Å²) >= 11 is 0. The Morgan fingerprint density at radius 1 is 0.783 bits per heavy atom. The van der Waals surface area contributed by atoms with Gasteiger partial charge in [0.2, 0.25) is 0 Å². The molecule has 136 valence electrons. The number of esters is 2. The number of carbonyl (C=O) groups is 2. The number of hydrogen-bond acceptors (Lipinski definition) is 4. The molecular weight excluding hydrogens is 290 g/mol. The largest absolute Gasteiger partial charge is 0.392 e. The number of likely N-dealkylation sites (N-methyl/N-ethyl adjacent to an activating group) is 1. The van der Waals surface area contributed by atoms with Crippen LogP contribution in [0, 0.1) is 5.92 Å². The smallest absolute Gasteiger partial charge is 0.327 e. The highest BCUT2D eigenvalue weighted by atomic mass is 16.6. The SMILES string of the molecule is CNCC(=O)OC(=O)CCCCCCCCCCCCC(C)C. The predicted octanol–water partition coefficient (Wildman–Crippen LogP) is 4.61. The van der Waals surface area contributed by atoms with Gasteiger partial charge < -0.3 is 10.1 Å². The van der Waals surface area contributed by atoms with E-state index in [1.807, 2.05) is 0 Å². The lowest BCUT2D eigenvalue weighted by Crippen LogP contribution is -2.23. The Bertz CT molecular complexity index is 303. The molecule has 0 aliphatic rings. The van der Waals surface area contributed by atoms with E-state index in [2.05, 4.69) is 23.9 Å². The van der Waals surface area contributed by atoms with E-state index in [-0.39, 0.29) is 6.54 Å². The van der Waals surface area contributed by atoms with E-state index >= 15 is 0 Å². The van der Waals surface area contributed by atoms with E-state index in [1.165, 1.54) is 57.8 Å². The van der Waals surface area contributed by atoms with Gasteiger partial charge in [-0.25, -0.2) is 0 Å². The zero-order chi connectivity index (χ0) is 17.3. The zero-order valence-electron chi connectivity index (χ0n) is 15.5. The Kier molecular flexibility index (Phi) is 15.4. The van der Waals surface area contributed by atoms with Gasteiger partial charge in [0.1, 0.15) is 0 Å². The van der Waals surface area contributed by atoms with Crippen molar-refractivity contribution in [2.45, 2.75) is 90.9 Å². The molecule has 4 nitrogen and oxygen atoms in total. The molecule has 4 heteroatoms. The summed E-state index contributed by atoms with van der Waals surface area (Å²) in [5, 5.41) is 2.66. The zero-order valence-corrected chi connectivity index (χ0v) is 15.5. The molecule has 0 atom stereocenters. The molecular formula is C19H37NO3. The molecule has 0 aromatic heterocycles. The van der Waals surface area contributed by atoms with Gasteiger partial charge in [-0.05, 0) is 19.4 Å². The Balaban J connectivity index is 3.21. The fraction of sp³-hybridized carbons (Fsp3) is 0.895. The third-order valence-electron chi connectivity index (χ3n) is 3.96. The highest BCUT2D eigenvalue weighted by Gasteiger charge is 2.08. The van der Waals surface area contributed by atoms with Gasteiger partial charge in [-0.15, -0.1) is 0 Å². The van der Waals surface area contributed by atoms with Gasteiger partial charge in [0, 0.05) is 6.42 Å². The molecule has 0 radical (unpaired) electrons. The standard InChI is InChI=1S/C19H37NO3/c1-17(2)14-12-10-8-6-4-5-7-9-11-13-15-18(21)23-19(22)16-20-3/h17,20H,4-16H2,1-3H3. The van der Waals surface area contributed by atoms with E-state index in [0.717, 1.165) is 18.8 Å². The molecule has 0 saturated carbocycles. The number of carbonyl (C=O) groups excluding carboxylic acids is 2. The molecule has 0 rings (SSSR count). The Morgan fingerprint density at radius 2 is 1.26 bits per heavy atom. The second-order valence-electron chi connectivity index (χ2n) is 6.84. The van der Waals surface area contributed by atoms with Crippen LogP contribution < -0.4 is 5.32 Å². The summed E-state index contributed by atoms with van der Waals surface area (Å²) in [6.45, 7) is 4.67. The van der Waals surface area contributed by atoms with Crippen LogP contribution >= 0.6 is 0 Å². The van der Waals surface area contributed by atoms with E-state index in [9.17, 15) is 9.59 Å². The summed E-state index contributed by atoms with van der Waals surface area (Å²) in [5.41, 5.74) is 0. The van der Waals surface area contributed by atoms with Gasteiger partial charge >= 0.3 is 11.9 Å². The van der Waals surface area contributed by atoms with Crippen molar-refractivity contribution in [2.75, 3.05) is 13.6 Å². The van der Waals surface area contributed by atoms with Gasteiger partial charge in [-0.1, -0.05) is 78.1 Å². The summed E-state index contributed by atoms with van der Waals surface area (Å²) in [6.07, 6.45) is 14.1. The van der Waals surface area contributed by atoms with Crippen molar-refractivity contribution >= 4 is 11.9 Å². The molecule has 0 bridgehead atoms. The van der Waals surface area contributed by atoms with E-state index in [1.54, 1.807) is 7.05 Å². The van der Waals surface area contributed by atoms with Gasteiger partial charge in [0.05, 0.1) is 6.54 Å². The fourth-order valence-electron chi connectivity index (χ4n) is 2.59. The summed E-state index contributed by atoms with van der Waals surface area (Å²) in [6, 6.07) is 0. The Morgan fingerprint density at radius 3 is 1.74 bits per heavy atom. The third kappa shape index (κ3) is 17.3. The second kappa shape index (κ2) is 16.0. The quantitative estimate of drug-likeness (QED) is 0.271. The van der Waals surface area contributed by atoms with Crippen molar-refractivity contribution in [3.63, 3.8) is 0 Å². The normalized spacial score (nSPS) is 11.0. The van der Waals surface area contributed by atoms with Gasteiger partial charge in [0.25, 0.3) is 0 Å². The lowest BCUT2D eigenvalue weighted by Gasteiger charge is -2.05. The highest BCUT2D eigenvalue weighted by molar-refractivity contribution is 5.86. The fourth-order valence-corrected chi connectivity index (χ4v) is 2.59. The van der Waals surface area contributed by atoms with Crippen LogP contribution in [0.1, 0.15) is 90.9 Å². The molecule has 0 heterocycles. The number of hydrogen-bond donors (Lipinski definition) is 1. The maximum Gasteiger partial charge on any atom is 0.327 e. The molecule has 0 fully saturated rings. The first-order chi connectivity index (χ1) is 11.1. The average Bonchev–Trinajstić information content (AvgIpc) is 2.48. The lowest BCUT2D eigenvalue weighted by atomic mass is 10.0. The van der Waals surface area contributed by atoms with E-state index in [4.69, 9.17) is 0 Å². The van der Waals surface area contributed by atoms with E-state index in [0.29, 0.717) is 6.42 Å². The molecule has 0 aromatic carbocycles. The predicted molar refractivity (Wildman–Crippen MR) is 95.3 cm³/mol. The topological polar surface area (TPSA) is 55.4 Å². The summed E-state index contributed by atoms with van der Waals surface area (Å²) in [5.74, 6) is -0.0498. The van der Waals surface area contributed by atoms with Crippen LogP contribution in [0.3, 0.4) is 0 Å². The summed E-state index contributed by atoms with van der Waals surface area (Å²) in [4.78, 5) is 22.4. The Hall–Kier alpha value is -0.900. The monoisotopic (exact) mass is 327 g/mol. The molecule has 0 spiro atoms. The number of rotatable bonds is 15. The lowest BCUT2D eigenvalue weighted by molar-refractivity contribution is -0.158. The molecule has 0 saturated heterocycles.